The topological polar surface area (TPSA) is 114 Å². The molecule has 4 rings (SSSR count). The molecule has 4 atom stereocenters. The third-order valence-corrected chi connectivity index (χ3v) is 7.98. The fourth-order valence-corrected chi connectivity index (χ4v) is 5.66. The highest BCUT2D eigenvalue weighted by Crippen LogP contribution is 2.43. The number of nitriles is 1. The molecule has 8 nitrogen and oxygen atoms in total. The Bertz CT molecular complexity index is 1300. The molecule has 2 saturated heterocycles. The number of nitrogens with zero attached hydrogens (tertiary/aromatic N) is 2. The highest BCUT2D eigenvalue weighted by molar-refractivity contribution is 5.97. The zero-order valence-electron chi connectivity index (χ0n) is 22.9. The van der Waals surface area contributed by atoms with E-state index in [4.69, 9.17) is 0 Å². The van der Waals surface area contributed by atoms with E-state index in [1.807, 2.05) is 13.0 Å². The number of halogens is 1. The van der Waals surface area contributed by atoms with E-state index in [2.05, 4.69) is 22.2 Å². The molecular weight excluding hydrogens is 497 g/mol. The van der Waals surface area contributed by atoms with Crippen molar-refractivity contribution in [3.8, 4) is 6.07 Å². The van der Waals surface area contributed by atoms with Crippen molar-refractivity contribution >= 4 is 17.7 Å². The van der Waals surface area contributed by atoms with E-state index in [9.17, 15) is 24.0 Å². The first-order chi connectivity index (χ1) is 18.5. The second-order valence-electron chi connectivity index (χ2n) is 11.2. The molecular formula is C30H36FN5O3. The first-order valence-electron chi connectivity index (χ1n) is 13.4. The number of hydrogen-bond donors (Lipinski definition) is 3. The molecule has 0 aromatic heterocycles. The summed E-state index contributed by atoms with van der Waals surface area (Å²) in [6, 6.07) is 12.2. The number of likely N-dealkylation sites (tertiary alicyclic amines) is 1. The molecule has 2 aromatic rings. The molecule has 0 spiro atoms. The van der Waals surface area contributed by atoms with Crippen LogP contribution in [-0.4, -0.2) is 41.2 Å². The maximum absolute atomic E-state index is 14.0. The first kappa shape index (κ1) is 28.2. The molecule has 0 bridgehead atoms. The summed E-state index contributed by atoms with van der Waals surface area (Å²) in [7, 11) is 0. The van der Waals surface area contributed by atoms with Crippen LogP contribution in [-0.2, 0) is 16.0 Å². The minimum atomic E-state index is -0.859. The molecule has 3 amide bonds. The Balaban J connectivity index is 1.50. The summed E-state index contributed by atoms with van der Waals surface area (Å²) >= 11 is 0. The van der Waals surface area contributed by atoms with Gasteiger partial charge in [-0.1, -0.05) is 18.2 Å². The number of amides is 3. The van der Waals surface area contributed by atoms with Gasteiger partial charge in [-0.2, -0.15) is 5.26 Å². The smallest absolute Gasteiger partial charge is 0.251 e. The second-order valence-corrected chi connectivity index (χ2v) is 11.2. The van der Waals surface area contributed by atoms with Gasteiger partial charge in [0.1, 0.15) is 11.9 Å². The Hall–Kier alpha value is -3.77. The molecule has 2 aromatic carbocycles. The van der Waals surface area contributed by atoms with Gasteiger partial charge in [-0.25, -0.2) is 9.82 Å². The van der Waals surface area contributed by atoms with Crippen LogP contribution in [0.2, 0.25) is 0 Å². The lowest BCUT2D eigenvalue weighted by atomic mass is 9.84. The number of rotatable bonds is 7. The molecule has 9 heteroatoms. The third-order valence-electron chi connectivity index (χ3n) is 7.98. The second kappa shape index (κ2) is 11.5. The van der Waals surface area contributed by atoms with Crippen molar-refractivity contribution in [1.29, 1.82) is 5.26 Å². The van der Waals surface area contributed by atoms with Gasteiger partial charge >= 0.3 is 0 Å². The van der Waals surface area contributed by atoms with Crippen LogP contribution < -0.4 is 16.2 Å². The quantitative estimate of drug-likeness (QED) is 0.502. The molecule has 206 valence electrons. The van der Waals surface area contributed by atoms with Gasteiger partial charge in [-0.15, -0.1) is 0 Å². The SMILES string of the molecule is Cc1cc(C(=O)N[C@H](C)C(=O)N2[C@H](c3cccc(F)c3)CC[C@@H]2C(C)(C)C#N)ccc1CC1CCNNC1=O. The maximum Gasteiger partial charge on any atom is 0.251 e. The normalized spacial score (nSPS) is 22.1. The lowest BCUT2D eigenvalue weighted by Crippen LogP contribution is -2.52. The summed E-state index contributed by atoms with van der Waals surface area (Å²) in [4.78, 5) is 40.7. The number of aryl methyl sites for hydroxylation is 1. The standard InChI is InChI=1S/C30H36FN5O3/c1-18-14-22(9-8-20(18)15-23-12-13-33-35-28(23)38)27(37)34-19(2)29(39)36-25(21-6-5-7-24(31)16-21)10-11-26(36)30(3,4)17-32/h5-9,14,16,19,23,25-26,33H,10-13,15H2,1-4H3,(H,34,37)(H,35,38)/t19-,23?,25+,26-/m1/s1. The number of hydrogen-bond acceptors (Lipinski definition) is 5. The van der Waals surface area contributed by atoms with Crippen LogP contribution in [0.15, 0.2) is 42.5 Å². The van der Waals surface area contributed by atoms with E-state index in [-0.39, 0.29) is 41.5 Å². The van der Waals surface area contributed by atoms with Crippen LogP contribution in [0.5, 0.6) is 0 Å². The van der Waals surface area contributed by atoms with Crippen molar-refractivity contribution in [2.75, 3.05) is 6.54 Å². The molecule has 2 aliphatic rings. The van der Waals surface area contributed by atoms with Crippen molar-refractivity contribution in [2.24, 2.45) is 11.3 Å². The summed E-state index contributed by atoms with van der Waals surface area (Å²) in [6.45, 7) is 7.85. The molecule has 2 fully saturated rings. The Morgan fingerprint density at radius 2 is 1.97 bits per heavy atom. The van der Waals surface area contributed by atoms with Gasteiger partial charge in [0, 0.05) is 18.0 Å². The molecule has 0 saturated carbocycles. The number of carbonyl (C=O) groups excluding carboxylic acids is 3. The van der Waals surface area contributed by atoms with E-state index < -0.39 is 11.5 Å². The fourth-order valence-electron chi connectivity index (χ4n) is 5.66. The summed E-state index contributed by atoms with van der Waals surface area (Å²) < 4.78 is 14.0. The molecule has 0 radical (unpaired) electrons. The van der Waals surface area contributed by atoms with Gasteiger partial charge in [0.25, 0.3) is 5.91 Å². The van der Waals surface area contributed by atoms with Crippen LogP contribution in [0.1, 0.15) is 73.1 Å². The van der Waals surface area contributed by atoms with Gasteiger partial charge in [-0.05, 0) is 94.3 Å². The minimum Gasteiger partial charge on any atom is -0.341 e. The average Bonchev–Trinajstić information content (AvgIpc) is 3.36. The third kappa shape index (κ3) is 6.12. The molecule has 1 unspecified atom stereocenters. The van der Waals surface area contributed by atoms with Gasteiger partial charge in [-0.3, -0.25) is 19.8 Å². The van der Waals surface area contributed by atoms with Gasteiger partial charge in [0.15, 0.2) is 0 Å². The summed E-state index contributed by atoms with van der Waals surface area (Å²) in [5, 5.41) is 12.6. The lowest BCUT2D eigenvalue weighted by Gasteiger charge is -2.38. The van der Waals surface area contributed by atoms with E-state index in [0.29, 0.717) is 36.9 Å². The predicted octanol–water partition coefficient (Wildman–Crippen LogP) is 3.72. The highest BCUT2D eigenvalue weighted by Gasteiger charge is 2.46. The van der Waals surface area contributed by atoms with E-state index in [0.717, 1.165) is 17.5 Å². The van der Waals surface area contributed by atoms with Crippen LogP contribution in [0.4, 0.5) is 4.39 Å². The molecule has 0 aliphatic carbocycles. The number of nitrogens with one attached hydrogen (secondary N) is 3. The van der Waals surface area contributed by atoms with Crippen LogP contribution in [0.3, 0.4) is 0 Å². The van der Waals surface area contributed by atoms with E-state index in [1.54, 1.807) is 49.9 Å². The summed E-state index contributed by atoms with van der Waals surface area (Å²) in [5.41, 5.74) is 7.68. The zero-order valence-corrected chi connectivity index (χ0v) is 22.9. The van der Waals surface area contributed by atoms with Gasteiger partial charge < -0.3 is 10.2 Å². The van der Waals surface area contributed by atoms with E-state index in [1.165, 1.54) is 12.1 Å². The van der Waals surface area contributed by atoms with Gasteiger partial charge in [0.05, 0.1) is 23.6 Å². The molecule has 2 heterocycles. The Morgan fingerprint density at radius 1 is 1.21 bits per heavy atom. The van der Waals surface area contributed by atoms with Gasteiger partial charge in [0.2, 0.25) is 11.8 Å². The van der Waals surface area contributed by atoms with Crippen molar-refractivity contribution < 1.29 is 18.8 Å². The number of benzene rings is 2. The molecule has 39 heavy (non-hydrogen) atoms. The largest absolute Gasteiger partial charge is 0.341 e. The monoisotopic (exact) mass is 533 g/mol. The fraction of sp³-hybridized carbons (Fsp3) is 0.467. The first-order valence-corrected chi connectivity index (χ1v) is 13.4. The Kier molecular flexibility index (Phi) is 8.36. The minimum absolute atomic E-state index is 0.0360. The highest BCUT2D eigenvalue weighted by atomic mass is 19.1. The number of carbonyl (C=O) groups is 3. The molecule has 2 aliphatic heterocycles. The zero-order chi connectivity index (χ0) is 28.3. The van der Waals surface area contributed by atoms with Crippen LogP contribution in [0, 0.1) is 35.4 Å². The Morgan fingerprint density at radius 3 is 2.64 bits per heavy atom. The average molecular weight is 534 g/mol. The van der Waals surface area contributed by atoms with Crippen molar-refractivity contribution in [2.45, 2.75) is 71.5 Å². The summed E-state index contributed by atoms with van der Waals surface area (Å²) in [5.74, 6) is -1.24. The molecule has 3 N–H and O–H groups in total. The van der Waals surface area contributed by atoms with Crippen molar-refractivity contribution in [3.05, 3.63) is 70.5 Å². The van der Waals surface area contributed by atoms with Crippen molar-refractivity contribution in [1.82, 2.24) is 21.1 Å². The number of hydrazine groups is 1. The predicted molar refractivity (Wildman–Crippen MR) is 144 cm³/mol. The van der Waals surface area contributed by atoms with Crippen molar-refractivity contribution in [3.63, 3.8) is 0 Å². The Labute approximate surface area is 228 Å². The lowest BCUT2D eigenvalue weighted by molar-refractivity contribution is -0.137. The van der Waals surface area contributed by atoms with E-state index >= 15 is 0 Å². The van der Waals surface area contributed by atoms with Crippen LogP contribution in [0.25, 0.3) is 0 Å². The summed E-state index contributed by atoms with van der Waals surface area (Å²) in [6.07, 6.45) is 2.53. The van der Waals surface area contributed by atoms with Crippen LogP contribution >= 0.6 is 0 Å². The maximum atomic E-state index is 14.0.